The SMILES string of the molecule is Cc1cc(F)ccc1Oc1ccc(C(=N)N)c(C)c1. The molecule has 0 radical (unpaired) electrons. The van der Waals surface area contributed by atoms with Gasteiger partial charge in [-0.1, -0.05) is 0 Å². The van der Waals surface area contributed by atoms with E-state index >= 15 is 0 Å². The Kier molecular flexibility index (Phi) is 3.51. The Labute approximate surface area is 111 Å². The minimum absolute atomic E-state index is 0.0296. The second-order valence-electron chi connectivity index (χ2n) is 4.40. The number of hydrogen-bond donors (Lipinski definition) is 2. The van der Waals surface area contributed by atoms with Gasteiger partial charge in [0.2, 0.25) is 0 Å². The second kappa shape index (κ2) is 5.10. The molecule has 0 bridgehead atoms. The summed E-state index contributed by atoms with van der Waals surface area (Å²) in [7, 11) is 0. The molecule has 0 spiro atoms. The van der Waals surface area contributed by atoms with Crippen molar-refractivity contribution in [1.29, 1.82) is 5.41 Å². The molecule has 0 amide bonds. The molecule has 3 nitrogen and oxygen atoms in total. The van der Waals surface area contributed by atoms with Gasteiger partial charge in [0, 0.05) is 5.56 Å². The minimum Gasteiger partial charge on any atom is -0.457 e. The van der Waals surface area contributed by atoms with Crippen molar-refractivity contribution < 1.29 is 9.13 Å². The molecule has 4 heteroatoms. The topological polar surface area (TPSA) is 59.1 Å². The predicted molar refractivity (Wildman–Crippen MR) is 73.4 cm³/mol. The molecule has 0 unspecified atom stereocenters. The van der Waals surface area contributed by atoms with E-state index in [9.17, 15) is 4.39 Å². The standard InChI is InChI=1S/C15H15FN2O/c1-9-8-12(4-5-13(9)15(17)18)19-14-6-3-11(16)7-10(14)2/h3-8H,1-2H3,(H3,17,18). The number of aryl methyl sites for hydroxylation is 2. The lowest BCUT2D eigenvalue weighted by molar-refractivity contribution is 0.476. The van der Waals surface area contributed by atoms with Crippen molar-refractivity contribution in [2.75, 3.05) is 0 Å². The lowest BCUT2D eigenvalue weighted by Crippen LogP contribution is -2.12. The van der Waals surface area contributed by atoms with Crippen LogP contribution in [0, 0.1) is 25.1 Å². The third-order valence-electron chi connectivity index (χ3n) is 2.85. The molecule has 0 aliphatic heterocycles. The van der Waals surface area contributed by atoms with Gasteiger partial charge in [-0.3, -0.25) is 5.41 Å². The van der Waals surface area contributed by atoms with Gasteiger partial charge in [-0.05, 0) is 61.4 Å². The van der Waals surface area contributed by atoms with Crippen LogP contribution < -0.4 is 10.5 Å². The highest BCUT2D eigenvalue weighted by molar-refractivity contribution is 5.96. The minimum atomic E-state index is -0.284. The first-order chi connectivity index (χ1) is 8.97. The van der Waals surface area contributed by atoms with Crippen LogP contribution >= 0.6 is 0 Å². The van der Waals surface area contributed by atoms with Gasteiger partial charge in [-0.15, -0.1) is 0 Å². The Morgan fingerprint density at radius 1 is 1.11 bits per heavy atom. The number of nitrogens with one attached hydrogen (secondary N) is 1. The van der Waals surface area contributed by atoms with Crippen molar-refractivity contribution >= 4 is 5.84 Å². The van der Waals surface area contributed by atoms with Crippen LogP contribution in [0.25, 0.3) is 0 Å². The molecule has 2 aromatic rings. The molecule has 3 N–H and O–H groups in total. The summed E-state index contributed by atoms with van der Waals surface area (Å²) in [5.41, 5.74) is 7.74. The maximum Gasteiger partial charge on any atom is 0.130 e. The molecule has 0 aliphatic rings. The Bertz CT molecular complexity index is 638. The van der Waals surface area contributed by atoms with Gasteiger partial charge in [0.15, 0.2) is 0 Å². The fourth-order valence-corrected chi connectivity index (χ4v) is 1.86. The second-order valence-corrected chi connectivity index (χ2v) is 4.40. The Morgan fingerprint density at radius 2 is 1.84 bits per heavy atom. The summed E-state index contributed by atoms with van der Waals surface area (Å²) in [6.07, 6.45) is 0. The summed E-state index contributed by atoms with van der Waals surface area (Å²) in [4.78, 5) is 0. The summed E-state index contributed by atoms with van der Waals surface area (Å²) >= 11 is 0. The van der Waals surface area contributed by atoms with Crippen LogP contribution in [0.5, 0.6) is 11.5 Å². The molecule has 0 heterocycles. The quantitative estimate of drug-likeness (QED) is 0.653. The van der Waals surface area contributed by atoms with Crippen LogP contribution in [0.3, 0.4) is 0 Å². The third kappa shape index (κ3) is 2.91. The van der Waals surface area contributed by atoms with Crippen molar-refractivity contribution in [3.05, 3.63) is 58.9 Å². The van der Waals surface area contributed by atoms with Crippen LogP contribution in [0.15, 0.2) is 36.4 Å². The molecule has 0 saturated heterocycles. The zero-order valence-corrected chi connectivity index (χ0v) is 10.8. The first-order valence-corrected chi connectivity index (χ1v) is 5.86. The lowest BCUT2D eigenvalue weighted by Gasteiger charge is -2.11. The van der Waals surface area contributed by atoms with E-state index in [2.05, 4.69) is 0 Å². The average molecular weight is 258 g/mol. The van der Waals surface area contributed by atoms with Crippen molar-refractivity contribution in [3.8, 4) is 11.5 Å². The normalized spacial score (nSPS) is 10.3. The summed E-state index contributed by atoms with van der Waals surface area (Å²) in [6, 6.07) is 9.67. The maximum absolute atomic E-state index is 13.0. The number of hydrogen-bond acceptors (Lipinski definition) is 2. The summed E-state index contributed by atoms with van der Waals surface area (Å²) in [5, 5.41) is 7.42. The first kappa shape index (κ1) is 13.1. The van der Waals surface area contributed by atoms with Crippen LogP contribution in [-0.4, -0.2) is 5.84 Å². The molecule has 0 aliphatic carbocycles. The van der Waals surface area contributed by atoms with E-state index in [0.29, 0.717) is 17.1 Å². The predicted octanol–water partition coefficient (Wildman–Crippen LogP) is 3.52. The number of halogens is 1. The van der Waals surface area contributed by atoms with Gasteiger partial charge in [-0.25, -0.2) is 4.39 Å². The van der Waals surface area contributed by atoms with E-state index in [1.807, 2.05) is 6.92 Å². The van der Waals surface area contributed by atoms with Crippen molar-refractivity contribution in [3.63, 3.8) is 0 Å². The Hall–Kier alpha value is -2.36. The smallest absolute Gasteiger partial charge is 0.130 e. The van der Waals surface area contributed by atoms with Crippen LogP contribution in [0.4, 0.5) is 4.39 Å². The van der Waals surface area contributed by atoms with E-state index in [1.54, 1.807) is 31.2 Å². The summed E-state index contributed by atoms with van der Waals surface area (Å²) < 4.78 is 18.7. The molecule has 0 fully saturated rings. The van der Waals surface area contributed by atoms with Gasteiger partial charge in [0.05, 0.1) is 0 Å². The Balaban J connectivity index is 2.29. The molecule has 0 saturated carbocycles. The molecular weight excluding hydrogens is 243 g/mol. The summed E-state index contributed by atoms with van der Waals surface area (Å²) in [5.74, 6) is 0.989. The lowest BCUT2D eigenvalue weighted by atomic mass is 10.1. The molecular formula is C15H15FN2O. The first-order valence-electron chi connectivity index (χ1n) is 5.86. The molecule has 2 aromatic carbocycles. The number of nitrogens with two attached hydrogens (primary N) is 1. The monoisotopic (exact) mass is 258 g/mol. The molecule has 98 valence electrons. The number of amidine groups is 1. The molecule has 0 atom stereocenters. The maximum atomic E-state index is 13.0. The third-order valence-corrected chi connectivity index (χ3v) is 2.85. The number of rotatable bonds is 3. The molecule has 0 aromatic heterocycles. The van der Waals surface area contributed by atoms with Gasteiger partial charge in [-0.2, -0.15) is 0 Å². The van der Waals surface area contributed by atoms with E-state index in [0.717, 1.165) is 11.1 Å². The van der Waals surface area contributed by atoms with E-state index < -0.39 is 0 Å². The van der Waals surface area contributed by atoms with E-state index in [-0.39, 0.29) is 11.7 Å². The summed E-state index contributed by atoms with van der Waals surface area (Å²) in [6.45, 7) is 3.65. The number of ether oxygens (including phenoxy) is 1. The highest BCUT2D eigenvalue weighted by Gasteiger charge is 2.06. The fraction of sp³-hybridized carbons (Fsp3) is 0.133. The van der Waals surface area contributed by atoms with Crippen LogP contribution in [-0.2, 0) is 0 Å². The zero-order chi connectivity index (χ0) is 14.0. The van der Waals surface area contributed by atoms with E-state index in [1.165, 1.54) is 12.1 Å². The van der Waals surface area contributed by atoms with Crippen molar-refractivity contribution in [2.24, 2.45) is 5.73 Å². The highest BCUT2D eigenvalue weighted by atomic mass is 19.1. The largest absolute Gasteiger partial charge is 0.457 e. The van der Waals surface area contributed by atoms with Crippen molar-refractivity contribution in [2.45, 2.75) is 13.8 Å². The molecule has 19 heavy (non-hydrogen) atoms. The van der Waals surface area contributed by atoms with Crippen LogP contribution in [0.1, 0.15) is 16.7 Å². The van der Waals surface area contributed by atoms with Gasteiger partial charge in [0.25, 0.3) is 0 Å². The van der Waals surface area contributed by atoms with E-state index in [4.69, 9.17) is 15.9 Å². The average Bonchev–Trinajstić information content (AvgIpc) is 2.32. The number of nitrogen functional groups attached to an aromatic ring is 1. The highest BCUT2D eigenvalue weighted by Crippen LogP contribution is 2.26. The van der Waals surface area contributed by atoms with Crippen molar-refractivity contribution in [1.82, 2.24) is 0 Å². The number of benzene rings is 2. The fourth-order valence-electron chi connectivity index (χ4n) is 1.86. The zero-order valence-electron chi connectivity index (χ0n) is 10.8. The van der Waals surface area contributed by atoms with Gasteiger partial charge < -0.3 is 10.5 Å². The van der Waals surface area contributed by atoms with Crippen LogP contribution in [0.2, 0.25) is 0 Å². The molecule has 2 rings (SSSR count). The van der Waals surface area contributed by atoms with Gasteiger partial charge >= 0.3 is 0 Å². The van der Waals surface area contributed by atoms with Gasteiger partial charge in [0.1, 0.15) is 23.2 Å². The Morgan fingerprint density at radius 3 is 2.42 bits per heavy atom.